The van der Waals surface area contributed by atoms with Gasteiger partial charge >= 0.3 is 6.55 Å². The first-order chi connectivity index (χ1) is 18.9. The zero-order valence-corrected chi connectivity index (χ0v) is 21.3. The van der Waals surface area contributed by atoms with Crippen molar-refractivity contribution in [2.75, 3.05) is 18.4 Å². The summed E-state index contributed by atoms with van der Waals surface area (Å²) in [5.74, 6) is -0.0223. The van der Waals surface area contributed by atoms with E-state index in [0.29, 0.717) is 39.9 Å². The van der Waals surface area contributed by atoms with Gasteiger partial charge in [-0.2, -0.15) is 20.1 Å². The molecule has 4 aromatic rings. The molecule has 0 unspecified atom stereocenters. The number of alkyl halides is 2. The number of carbonyl (C=O) groups is 2. The zero-order chi connectivity index (χ0) is 27.4. The molecule has 5 rings (SSSR count). The molecule has 0 bridgehead atoms. The number of amidine groups is 1. The van der Waals surface area contributed by atoms with E-state index in [9.17, 15) is 18.4 Å². The number of pyridine rings is 1. The first-order valence-electron chi connectivity index (χ1n) is 11.7. The van der Waals surface area contributed by atoms with Crippen molar-refractivity contribution in [1.29, 1.82) is 0 Å². The van der Waals surface area contributed by atoms with E-state index in [1.807, 2.05) is 16.8 Å². The highest BCUT2D eigenvalue weighted by molar-refractivity contribution is 7.08. The van der Waals surface area contributed by atoms with E-state index in [1.54, 1.807) is 30.3 Å². The molecule has 202 valence electrons. The topological polar surface area (TPSA) is 149 Å². The molecule has 39 heavy (non-hydrogen) atoms. The molecule has 0 saturated heterocycles. The average molecular weight is 556 g/mol. The minimum absolute atomic E-state index is 0.168. The summed E-state index contributed by atoms with van der Waals surface area (Å²) in [5, 5.41) is 16.7. The normalized spacial score (nSPS) is 13.8. The van der Waals surface area contributed by atoms with E-state index in [-0.39, 0.29) is 24.0 Å². The molecule has 5 N–H and O–H groups in total. The summed E-state index contributed by atoms with van der Waals surface area (Å²) < 4.78 is 31.7. The van der Waals surface area contributed by atoms with Gasteiger partial charge in [0.15, 0.2) is 11.4 Å². The summed E-state index contributed by atoms with van der Waals surface area (Å²) in [5.41, 5.74) is 8.20. The Labute approximate surface area is 224 Å². The minimum Gasteiger partial charge on any atom is -0.436 e. The summed E-state index contributed by atoms with van der Waals surface area (Å²) >= 11 is 1.47. The van der Waals surface area contributed by atoms with Crippen LogP contribution in [0.1, 0.15) is 29.0 Å². The molecule has 12 nitrogen and oxygen atoms in total. The van der Waals surface area contributed by atoms with Gasteiger partial charge < -0.3 is 20.4 Å². The first kappa shape index (κ1) is 26.1. The number of carbonyl (C=O) groups excluding carboxylic acids is 2. The van der Waals surface area contributed by atoms with Gasteiger partial charge in [0, 0.05) is 37.5 Å². The van der Waals surface area contributed by atoms with E-state index < -0.39 is 18.5 Å². The van der Waals surface area contributed by atoms with Gasteiger partial charge in [-0.25, -0.2) is 4.98 Å². The number of nitrogens with zero attached hydrogens (tertiary/aromatic N) is 4. The Balaban J connectivity index is 1.21. The van der Waals surface area contributed by atoms with E-state index in [4.69, 9.17) is 4.42 Å². The van der Waals surface area contributed by atoms with Crippen molar-refractivity contribution in [3.63, 3.8) is 0 Å². The highest BCUT2D eigenvalue weighted by Crippen LogP contribution is 2.26. The third-order valence-corrected chi connectivity index (χ3v) is 6.26. The van der Waals surface area contributed by atoms with Gasteiger partial charge in [-0.15, -0.1) is 15.8 Å². The van der Waals surface area contributed by atoms with Gasteiger partial charge in [0.05, 0.1) is 6.04 Å². The van der Waals surface area contributed by atoms with Gasteiger partial charge in [0.2, 0.25) is 11.8 Å². The molecule has 0 saturated carbocycles. The Kier molecular flexibility index (Phi) is 7.72. The largest absolute Gasteiger partial charge is 0.436 e. The molecule has 0 fully saturated rings. The second kappa shape index (κ2) is 11.5. The molecule has 1 aliphatic rings. The number of hydrazine groups is 2. The molecule has 1 aliphatic heterocycles. The van der Waals surface area contributed by atoms with Crippen LogP contribution in [0.4, 0.5) is 14.5 Å². The number of anilines is 1. The predicted molar refractivity (Wildman–Crippen MR) is 140 cm³/mol. The number of fused-ring (bicyclic) bond motifs is 1. The number of aromatic nitrogens is 2. The molecule has 4 heterocycles. The van der Waals surface area contributed by atoms with Crippen LogP contribution in [0.25, 0.3) is 22.6 Å². The lowest BCUT2D eigenvalue weighted by molar-refractivity contribution is -0.114. The summed E-state index contributed by atoms with van der Waals surface area (Å²) in [4.78, 5) is 32.7. The number of nitrogens with one attached hydrogen (secondary N) is 5. The predicted octanol–water partition coefficient (Wildman–Crippen LogP) is 2.83. The van der Waals surface area contributed by atoms with Crippen molar-refractivity contribution in [1.82, 2.24) is 36.7 Å². The van der Waals surface area contributed by atoms with Crippen LogP contribution in [0.3, 0.4) is 0 Å². The lowest BCUT2D eigenvalue weighted by Crippen LogP contribution is -2.44. The molecule has 0 radical (unpaired) electrons. The van der Waals surface area contributed by atoms with Crippen LogP contribution in [0.5, 0.6) is 0 Å². The maximum atomic E-state index is 12.9. The standard InChI is InChI=1S/C24H23F2N9O3S/c1-13(36)30-16-2-3-19-17(11-16)31-23(38-19)14-4-6-27-18(10-14)22(37)29-8-7-28-20(15-5-9-39-12-15)21-32-34-35(33-21)24(25)26/h2-6,9-12,20,24,28,34H,7-8H2,1H3,(H,29,37)(H,30,36)(H,32,33)/t20-/m1/s1. The highest BCUT2D eigenvalue weighted by Gasteiger charge is 2.27. The quantitative estimate of drug-likeness (QED) is 0.147. The number of hydrogen-bond donors (Lipinski definition) is 5. The Morgan fingerprint density at radius 1 is 1.18 bits per heavy atom. The SMILES string of the molecule is CC(=O)Nc1ccc2oc(-c3ccnc(C(=O)NCCN[C@@H](C4=NN(C(F)F)NN4)c4ccsc4)c3)nc2c1. The van der Waals surface area contributed by atoms with E-state index in [0.717, 1.165) is 5.56 Å². The van der Waals surface area contributed by atoms with Gasteiger partial charge in [-0.3, -0.25) is 20.0 Å². The van der Waals surface area contributed by atoms with E-state index in [1.165, 1.54) is 24.5 Å². The van der Waals surface area contributed by atoms with Crippen molar-refractivity contribution in [2.24, 2.45) is 5.10 Å². The number of amides is 2. The van der Waals surface area contributed by atoms with Crippen LogP contribution < -0.4 is 26.9 Å². The van der Waals surface area contributed by atoms with Crippen LogP contribution in [0, 0.1) is 0 Å². The Hall–Kier alpha value is -4.47. The summed E-state index contributed by atoms with van der Waals surface area (Å²) in [7, 11) is 0. The highest BCUT2D eigenvalue weighted by atomic mass is 32.1. The van der Waals surface area contributed by atoms with Crippen LogP contribution in [-0.4, -0.2) is 52.4 Å². The second-order valence-electron chi connectivity index (χ2n) is 8.36. The lowest BCUT2D eigenvalue weighted by Gasteiger charge is -2.17. The molecule has 3 aromatic heterocycles. The van der Waals surface area contributed by atoms with Crippen LogP contribution in [-0.2, 0) is 4.79 Å². The van der Waals surface area contributed by atoms with Crippen LogP contribution in [0.15, 0.2) is 62.9 Å². The molecule has 0 spiro atoms. The molecule has 2 amide bonds. The van der Waals surface area contributed by atoms with E-state index in [2.05, 4.69) is 42.0 Å². The monoisotopic (exact) mass is 555 g/mol. The minimum atomic E-state index is -2.81. The number of halogens is 2. The molecular formula is C24H23F2N9O3S. The smallest absolute Gasteiger partial charge is 0.344 e. The average Bonchev–Trinajstić information content (AvgIpc) is 3.69. The number of hydrogen-bond acceptors (Lipinski definition) is 11. The van der Waals surface area contributed by atoms with Crippen LogP contribution in [0.2, 0.25) is 0 Å². The summed E-state index contributed by atoms with van der Waals surface area (Å²) in [6.45, 7) is -0.831. The fourth-order valence-electron chi connectivity index (χ4n) is 3.82. The Bertz CT molecular complexity index is 1510. The molecule has 0 aliphatic carbocycles. The maximum absolute atomic E-state index is 12.9. The number of thiophene rings is 1. The van der Waals surface area contributed by atoms with Crippen molar-refractivity contribution in [3.8, 4) is 11.5 Å². The van der Waals surface area contributed by atoms with E-state index >= 15 is 0 Å². The second-order valence-corrected chi connectivity index (χ2v) is 9.14. The maximum Gasteiger partial charge on any atom is 0.344 e. The van der Waals surface area contributed by atoms with Crippen molar-refractivity contribution >= 4 is 45.8 Å². The van der Waals surface area contributed by atoms with Crippen molar-refractivity contribution in [2.45, 2.75) is 19.5 Å². The zero-order valence-electron chi connectivity index (χ0n) is 20.4. The Morgan fingerprint density at radius 3 is 2.79 bits per heavy atom. The molecule has 1 atom stereocenters. The van der Waals surface area contributed by atoms with Gasteiger partial charge in [-0.1, -0.05) is 0 Å². The molecular weight excluding hydrogens is 532 g/mol. The summed E-state index contributed by atoms with van der Waals surface area (Å²) in [6, 6.07) is 9.72. The molecule has 1 aromatic carbocycles. The summed E-state index contributed by atoms with van der Waals surface area (Å²) in [6.07, 6.45) is 1.48. The third kappa shape index (κ3) is 6.17. The lowest BCUT2D eigenvalue weighted by atomic mass is 10.1. The fraction of sp³-hybridized carbons (Fsp3) is 0.208. The van der Waals surface area contributed by atoms with Crippen LogP contribution >= 0.6 is 11.3 Å². The Morgan fingerprint density at radius 2 is 2.05 bits per heavy atom. The first-order valence-corrected chi connectivity index (χ1v) is 12.7. The van der Waals surface area contributed by atoms with Gasteiger partial charge in [-0.05, 0) is 52.7 Å². The number of oxazole rings is 1. The molecule has 15 heteroatoms. The van der Waals surface area contributed by atoms with Gasteiger partial charge in [0.25, 0.3) is 5.91 Å². The number of hydrazone groups is 1. The number of rotatable bonds is 10. The van der Waals surface area contributed by atoms with Crippen molar-refractivity contribution < 1.29 is 22.8 Å². The fourth-order valence-corrected chi connectivity index (χ4v) is 4.50. The van der Waals surface area contributed by atoms with Gasteiger partial charge in [0.1, 0.15) is 11.2 Å². The number of benzene rings is 1. The third-order valence-electron chi connectivity index (χ3n) is 5.56. The van der Waals surface area contributed by atoms with Crippen molar-refractivity contribution in [3.05, 3.63) is 64.6 Å².